The minimum Gasteiger partial charge on any atom is -0.368 e. The lowest BCUT2D eigenvalue weighted by molar-refractivity contribution is 0.303. The lowest BCUT2D eigenvalue weighted by Gasteiger charge is -2.27. The van der Waals surface area contributed by atoms with Gasteiger partial charge in [-0.3, -0.25) is 0 Å². The molecule has 2 saturated carbocycles. The van der Waals surface area contributed by atoms with E-state index in [1.807, 2.05) is 6.33 Å². The molecule has 8 nitrogen and oxygen atoms in total. The zero-order chi connectivity index (χ0) is 21.6. The number of halogens is 3. The first-order valence-electron chi connectivity index (χ1n) is 12.4. The van der Waals surface area contributed by atoms with Crippen LogP contribution in [0.1, 0.15) is 77.7 Å². The van der Waals surface area contributed by atoms with Crippen molar-refractivity contribution in [2.45, 2.75) is 89.8 Å². The molecule has 4 N–H and O–H groups in total. The van der Waals surface area contributed by atoms with Gasteiger partial charge in [0.15, 0.2) is 17.0 Å². The summed E-state index contributed by atoms with van der Waals surface area (Å²) in [4.78, 5) is 17.0. The van der Waals surface area contributed by atoms with Gasteiger partial charge in [-0.1, -0.05) is 26.7 Å². The molecule has 0 aromatic carbocycles. The second-order valence-corrected chi connectivity index (χ2v) is 9.22. The molecule has 0 unspecified atom stereocenters. The molecule has 2 heterocycles. The largest absolute Gasteiger partial charge is 0.368 e. The topological polar surface area (TPSA) is 96.9 Å². The zero-order valence-electron chi connectivity index (χ0n) is 20.5. The number of nitrogens with two attached hydrogens (primary N) is 1. The SMILES string of the molecule is CCN(CC)CCCNc1nc(N[C@H]2CC[C@H](N)CC2)nc2c1ncn2C1CCCC1.Cl.Cl.Cl. The standard InChI is InChI=1S/C23H40N8.3ClH/c1-3-30(4-2)15-7-14-25-21-20-22(31(16-26-20)19-8-5-6-9-19)29-23(28-21)27-18-12-10-17(24)11-13-18;;;/h16-19H,3-15,24H2,1-2H3,(H2,25,27,28,29);3*1H/t17-,18-;;;. The number of rotatable bonds is 10. The van der Waals surface area contributed by atoms with Gasteiger partial charge in [-0.05, 0) is 64.6 Å². The Bertz CT molecular complexity index is 831. The lowest BCUT2D eigenvalue weighted by Crippen LogP contribution is -2.33. The summed E-state index contributed by atoms with van der Waals surface area (Å²) in [7, 11) is 0. The highest BCUT2D eigenvalue weighted by Crippen LogP contribution is 2.33. The summed E-state index contributed by atoms with van der Waals surface area (Å²) < 4.78 is 2.28. The Morgan fingerprint density at radius 2 is 1.68 bits per heavy atom. The van der Waals surface area contributed by atoms with E-state index in [2.05, 4.69) is 33.9 Å². The van der Waals surface area contributed by atoms with Crippen molar-refractivity contribution in [3.05, 3.63) is 6.33 Å². The summed E-state index contributed by atoms with van der Waals surface area (Å²) in [5, 5.41) is 7.17. The van der Waals surface area contributed by atoms with Crippen LogP contribution in [0.25, 0.3) is 11.2 Å². The quantitative estimate of drug-likeness (QED) is 0.366. The van der Waals surface area contributed by atoms with Crippen molar-refractivity contribution in [2.75, 3.05) is 36.8 Å². The molecule has 2 aromatic rings. The summed E-state index contributed by atoms with van der Waals surface area (Å²) >= 11 is 0. The second-order valence-electron chi connectivity index (χ2n) is 9.22. The van der Waals surface area contributed by atoms with Gasteiger partial charge in [0.05, 0.1) is 6.33 Å². The van der Waals surface area contributed by atoms with Crippen molar-refractivity contribution in [2.24, 2.45) is 5.73 Å². The van der Waals surface area contributed by atoms with Crippen LogP contribution >= 0.6 is 37.2 Å². The van der Waals surface area contributed by atoms with E-state index in [4.69, 9.17) is 20.7 Å². The average molecular weight is 538 g/mol. The summed E-state index contributed by atoms with van der Waals surface area (Å²) in [5.74, 6) is 1.58. The Hall–Kier alpha value is -1.06. The van der Waals surface area contributed by atoms with Crippen LogP contribution in [-0.4, -0.2) is 62.7 Å². The van der Waals surface area contributed by atoms with Crippen LogP contribution in [0.3, 0.4) is 0 Å². The molecule has 0 radical (unpaired) electrons. The number of hydrogen-bond acceptors (Lipinski definition) is 7. The molecule has 2 aromatic heterocycles. The fourth-order valence-corrected chi connectivity index (χ4v) is 5.05. The fourth-order valence-electron chi connectivity index (χ4n) is 5.05. The van der Waals surface area contributed by atoms with Crippen molar-refractivity contribution in [3.63, 3.8) is 0 Å². The third-order valence-electron chi connectivity index (χ3n) is 7.08. The maximum absolute atomic E-state index is 6.09. The average Bonchev–Trinajstić information content (AvgIpc) is 3.45. The fraction of sp³-hybridized carbons (Fsp3) is 0.783. The molecule has 2 fully saturated rings. The van der Waals surface area contributed by atoms with E-state index in [1.54, 1.807) is 0 Å². The van der Waals surface area contributed by atoms with Gasteiger partial charge in [-0.15, -0.1) is 37.2 Å². The first-order valence-corrected chi connectivity index (χ1v) is 12.4. The van der Waals surface area contributed by atoms with E-state index in [0.717, 1.165) is 81.2 Å². The number of nitrogens with zero attached hydrogens (tertiary/aromatic N) is 5. The van der Waals surface area contributed by atoms with Gasteiger partial charge in [0.25, 0.3) is 0 Å². The van der Waals surface area contributed by atoms with Crippen molar-refractivity contribution in [1.82, 2.24) is 24.4 Å². The van der Waals surface area contributed by atoms with E-state index in [0.29, 0.717) is 18.1 Å². The van der Waals surface area contributed by atoms with Gasteiger partial charge in [-0.25, -0.2) is 4.98 Å². The maximum atomic E-state index is 6.09. The number of anilines is 2. The molecule has 34 heavy (non-hydrogen) atoms. The van der Waals surface area contributed by atoms with E-state index < -0.39 is 0 Å². The number of fused-ring (bicyclic) bond motifs is 1. The Labute approximate surface area is 222 Å². The van der Waals surface area contributed by atoms with Crippen LogP contribution in [-0.2, 0) is 0 Å². The third kappa shape index (κ3) is 7.72. The molecule has 0 aliphatic heterocycles. The Morgan fingerprint density at radius 3 is 2.32 bits per heavy atom. The van der Waals surface area contributed by atoms with Crippen molar-refractivity contribution < 1.29 is 0 Å². The monoisotopic (exact) mass is 536 g/mol. The molecule has 2 aliphatic carbocycles. The minimum atomic E-state index is 0. The van der Waals surface area contributed by atoms with Crippen LogP contribution in [0, 0.1) is 0 Å². The Balaban J connectivity index is 0.00000193. The van der Waals surface area contributed by atoms with E-state index in [9.17, 15) is 0 Å². The number of aromatic nitrogens is 4. The minimum absolute atomic E-state index is 0. The second kappa shape index (κ2) is 15.1. The number of imidazole rings is 1. The Morgan fingerprint density at radius 1 is 1.00 bits per heavy atom. The highest BCUT2D eigenvalue weighted by atomic mass is 35.5. The summed E-state index contributed by atoms with van der Waals surface area (Å²) in [6, 6.07) is 1.25. The lowest BCUT2D eigenvalue weighted by atomic mass is 9.92. The molecular weight excluding hydrogens is 495 g/mol. The van der Waals surface area contributed by atoms with Gasteiger partial charge in [0.2, 0.25) is 5.95 Å². The molecule has 0 saturated heterocycles. The number of nitrogens with one attached hydrogen (secondary N) is 2. The van der Waals surface area contributed by atoms with Crippen LogP contribution in [0.2, 0.25) is 0 Å². The molecule has 4 rings (SSSR count). The van der Waals surface area contributed by atoms with Crippen molar-refractivity contribution in [3.8, 4) is 0 Å². The number of hydrogen-bond donors (Lipinski definition) is 3. The van der Waals surface area contributed by atoms with Gasteiger partial charge < -0.3 is 25.8 Å². The molecule has 0 amide bonds. The van der Waals surface area contributed by atoms with Gasteiger partial charge in [0, 0.05) is 24.7 Å². The molecule has 0 spiro atoms. The van der Waals surface area contributed by atoms with Crippen LogP contribution in [0.4, 0.5) is 11.8 Å². The van der Waals surface area contributed by atoms with Crippen LogP contribution in [0.5, 0.6) is 0 Å². The molecular formula is C23H43Cl3N8. The summed E-state index contributed by atoms with van der Waals surface area (Å²) in [6.07, 6.45) is 12.4. The first-order chi connectivity index (χ1) is 15.2. The maximum Gasteiger partial charge on any atom is 0.227 e. The summed E-state index contributed by atoms with van der Waals surface area (Å²) in [6.45, 7) is 8.61. The van der Waals surface area contributed by atoms with Gasteiger partial charge >= 0.3 is 0 Å². The normalized spacial score (nSPS) is 20.5. The van der Waals surface area contributed by atoms with Crippen LogP contribution in [0.15, 0.2) is 6.33 Å². The van der Waals surface area contributed by atoms with Crippen LogP contribution < -0.4 is 16.4 Å². The summed E-state index contributed by atoms with van der Waals surface area (Å²) in [5.41, 5.74) is 7.95. The molecule has 2 aliphatic rings. The van der Waals surface area contributed by atoms with Gasteiger partial charge in [0.1, 0.15) is 0 Å². The van der Waals surface area contributed by atoms with Crippen molar-refractivity contribution >= 4 is 60.2 Å². The van der Waals surface area contributed by atoms with E-state index >= 15 is 0 Å². The third-order valence-corrected chi connectivity index (χ3v) is 7.08. The smallest absolute Gasteiger partial charge is 0.227 e. The molecule has 0 atom stereocenters. The van der Waals surface area contributed by atoms with Crippen molar-refractivity contribution in [1.29, 1.82) is 0 Å². The molecule has 0 bridgehead atoms. The van der Waals surface area contributed by atoms with Gasteiger partial charge in [-0.2, -0.15) is 9.97 Å². The van der Waals surface area contributed by atoms with E-state index in [-0.39, 0.29) is 37.2 Å². The predicted octanol–water partition coefficient (Wildman–Crippen LogP) is 5.03. The molecule has 196 valence electrons. The first kappa shape index (κ1) is 31.0. The molecule has 11 heteroatoms. The highest BCUT2D eigenvalue weighted by Gasteiger charge is 2.23. The highest BCUT2D eigenvalue weighted by molar-refractivity contribution is 5.86. The predicted molar refractivity (Wildman–Crippen MR) is 149 cm³/mol. The Kier molecular flexibility index (Phi) is 13.8. The zero-order valence-corrected chi connectivity index (χ0v) is 23.0. The van der Waals surface area contributed by atoms with E-state index in [1.165, 1.54) is 25.7 Å².